The van der Waals surface area contributed by atoms with Crippen LogP contribution < -0.4 is 0 Å². The highest BCUT2D eigenvalue weighted by Crippen LogP contribution is 2.23. The average molecular weight is 310 g/mol. The van der Waals surface area contributed by atoms with Crippen LogP contribution in [-0.2, 0) is 6.54 Å². The van der Waals surface area contributed by atoms with Crippen LogP contribution in [0.25, 0.3) is 11.0 Å². The van der Waals surface area contributed by atoms with Gasteiger partial charge in [0.1, 0.15) is 5.52 Å². The fourth-order valence-corrected chi connectivity index (χ4v) is 1.66. The SMILES string of the molecule is OC(Cn1ncc2ncc(Br)cc21)C(F)(F)F. The molecular formula is C9H7BrF3N3O. The van der Waals surface area contributed by atoms with Crippen LogP contribution in [0.4, 0.5) is 13.2 Å². The summed E-state index contributed by atoms with van der Waals surface area (Å²) in [5.41, 5.74) is 0.908. The van der Waals surface area contributed by atoms with E-state index in [4.69, 9.17) is 5.11 Å². The lowest BCUT2D eigenvalue weighted by Crippen LogP contribution is -2.33. The summed E-state index contributed by atoms with van der Waals surface area (Å²) in [5.74, 6) is 0. The largest absolute Gasteiger partial charge is 0.416 e. The summed E-state index contributed by atoms with van der Waals surface area (Å²) in [7, 11) is 0. The van der Waals surface area contributed by atoms with E-state index in [-0.39, 0.29) is 0 Å². The van der Waals surface area contributed by atoms with Gasteiger partial charge in [0, 0.05) is 10.7 Å². The monoisotopic (exact) mass is 309 g/mol. The van der Waals surface area contributed by atoms with Crippen molar-refractivity contribution in [2.45, 2.75) is 18.8 Å². The molecule has 2 rings (SSSR count). The lowest BCUT2D eigenvalue weighted by atomic mass is 10.3. The van der Waals surface area contributed by atoms with Gasteiger partial charge in [-0.1, -0.05) is 0 Å². The molecule has 2 aromatic rings. The van der Waals surface area contributed by atoms with E-state index in [1.807, 2.05) is 0 Å². The first-order chi connectivity index (χ1) is 7.88. The van der Waals surface area contributed by atoms with Gasteiger partial charge in [0.25, 0.3) is 0 Å². The van der Waals surface area contributed by atoms with E-state index in [2.05, 4.69) is 26.0 Å². The molecule has 0 bridgehead atoms. The van der Waals surface area contributed by atoms with Crippen molar-refractivity contribution in [1.82, 2.24) is 14.8 Å². The molecule has 0 radical (unpaired) electrons. The van der Waals surface area contributed by atoms with Gasteiger partial charge in [-0.2, -0.15) is 18.3 Å². The molecule has 4 nitrogen and oxygen atoms in total. The van der Waals surface area contributed by atoms with Crippen LogP contribution in [0.2, 0.25) is 0 Å². The summed E-state index contributed by atoms with van der Waals surface area (Å²) in [6.07, 6.45) is -4.22. The molecular weight excluding hydrogens is 303 g/mol. The van der Waals surface area contributed by atoms with Gasteiger partial charge in [-0.05, 0) is 22.0 Å². The smallest absolute Gasteiger partial charge is 0.382 e. The third-order valence-corrected chi connectivity index (χ3v) is 2.62. The highest BCUT2D eigenvalue weighted by Gasteiger charge is 2.38. The first kappa shape index (κ1) is 12.3. The molecule has 0 aliphatic rings. The number of halogens is 4. The van der Waals surface area contributed by atoms with Gasteiger partial charge in [-0.15, -0.1) is 0 Å². The standard InChI is InChI=1S/C9H7BrF3N3O/c10-5-1-7-6(14-2-5)3-15-16(7)4-8(17)9(11,12)13/h1-3,8,17H,4H2. The van der Waals surface area contributed by atoms with Crippen LogP contribution >= 0.6 is 15.9 Å². The highest BCUT2D eigenvalue weighted by molar-refractivity contribution is 9.10. The maximum Gasteiger partial charge on any atom is 0.416 e. The molecule has 0 amide bonds. The van der Waals surface area contributed by atoms with Gasteiger partial charge in [-0.3, -0.25) is 9.67 Å². The zero-order valence-electron chi connectivity index (χ0n) is 8.32. The van der Waals surface area contributed by atoms with Gasteiger partial charge in [0.15, 0.2) is 6.10 Å². The van der Waals surface area contributed by atoms with E-state index >= 15 is 0 Å². The predicted molar refractivity (Wildman–Crippen MR) is 57.3 cm³/mol. The Labute approximate surface area is 102 Å². The van der Waals surface area contributed by atoms with E-state index in [0.717, 1.165) is 4.68 Å². The second kappa shape index (κ2) is 4.26. The summed E-state index contributed by atoms with van der Waals surface area (Å²) < 4.78 is 38.3. The second-order valence-corrected chi connectivity index (χ2v) is 4.36. The van der Waals surface area contributed by atoms with Crippen LogP contribution in [-0.4, -0.2) is 32.2 Å². The van der Waals surface area contributed by atoms with Crippen LogP contribution in [0.15, 0.2) is 22.9 Å². The summed E-state index contributed by atoms with van der Waals surface area (Å²) in [6, 6.07) is 1.60. The Morgan fingerprint density at radius 3 is 2.76 bits per heavy atom. The van der Waals surface area contributed by atoms with Crippen LogP contribution in [0, 0.1) is 0 Å². The number of pyridine rings is 1. The number of fused-ring (bicyclic) bond motifs is 1. The third-order valence-electron chi connectivity index (χ3n) is 2.19. The van der Waals surface area contributed by atoms with Gasteiger partial charge in [0.05, 0.1) is 18.3 Å². The number of aliphatic hydroxyl groups excluding tert-OH is 1. The topological polar surface area (TPSA) is 50.9 Å². The fraction of sp³-hybridized carbons (Fsp3) is 0.333. The molecule has 0 saturated carbocycles. The highest BCUT2D eigenvalue weighted by atomic mass is 79.9. The molecule has 0 aromatic carbocycles. The Morgan fingerprint density at radius 2 is 2.12 bits per heavy atom. The molecule has 1 unspecified atom stereocenters. The Bertz CT molecular complexity index is 540. The number of aliphatic hydroxyl groups is 1. The lowest BCUT2D eigenvalue weighted by Gasteiger charge is -2.14. The Kier molecular flexibility index (Phi) is 3.09. The van der Waals surface area contributed by atoms with Gasteiger partial charge >= 0.3 is 6.18 Å². The first-order valence-corrected chi connectivity index (χ1v) is 5.39. The molecule has 1 atom stereocenters. The zero-order valence-corrected chi connectivity index (χ0v) is 9.90. The van der Waals surface area contributed by atoms with E-state index < -0.39 is 18.8 Å². The summed E-state index contributed by atoms with van der Waals surface area (Å²) in [6.45, 7) is -0.648. The van der Waals surface area contributed by atoms with Gasteiger partial charge in [0.2, 0.25) is 0 Å². The van der Waals surface area contributed by atoms with Crippen molar-refractivity contribution in [3.63, 3.8) is 0 Å². The number of hydrogen-bond acceptors (Lipinski definition) is 3. The summed E-state index contributed by atoms with van der Waals surface area (Å²) in [4.78, 5) is 3.98. The third kappa shape index (κ3) is 2.58. The van der Waals surface area contributed by atoms with Gasteiger partial charge < -0.3 is 5.11 Å². The molecule has 8 heteroatoms. The quantitative estimate of drug-likeness (QED) is 0.924. The number of alkyl halides is 3. The number of aromatic nitrogens is 3. The molecule has 0 aliphatic carbocycles. The van der Waals surface area contributed by atoms with E-state index in [1.54, 1.807) is 6.07 Å². The van der Waals surface area contributed by atoms with Crippen molar-refractivity contribution < 1.29 is 18.3 Å². The minimum Gasteiger partial charge on any atom is -0.382 e. The minimum absolute atomic E-state index is 0.433. The Morgan fingerprint density at radius 1 is 1.41 bits per heavy atom. The maximum absolute atomic E-state index is 12.2. The number of nitrogens with zero attached hydrogens (tertiary/aromatic N) is 3. The van der Waals surface area contributed by atoms with Crippen LogP contribution in [0.1, 0.15) is 0 Å². The summed E-state index contributed by atoms with van der Waals surface area (Å²) in [5, 5.41) is 12.7. The van der Waals surface area contributed by atoms with Crippen molar-refractivity contribution in [2.75, 3.05) is 0 Å². The minimum atomic E-state index is -4.66. The Balaban J connectivity index is 2.33. The van der Waals surface area contributed by atoms with Crippen molar-refractivity contribution in [1.29, 1.82) is 0 Å². The molecule has 0 spiro atoms. The van der Waals surface area contributed by atoms with E-state index in [0.29, 0.717) is 15.5 Å². The molecule has 2 aromatic heterocycles. The van der Waals surface area contributed by atoms with Crippen molar-refractivity contribution in [3.8, 4) is 0 Å². The van der Waals surface area contributed by atoms with Gasteiger partial charge in [-0.25, -0.2) is 0 Å². The van der Waals surface area contributed by atoms with Crippen molar-refractivity contribution >= 4 is 27.0 Å². The molecule has 1 N–H and O–H groups in total. The Hall–Kier alpha value is -1.15. The average Bonchev–Trinajstić information content (AvgIpc) is 2.60. The van der Waals surface area contributed by atoms with E-state index in [9.17, 15) is 13.2 Å². The summed E-state index contributed by atoms with van der Waals surface area (Å²) >= 11 is 3.17. The molecule has 0 aliphatic heterocycles. The van der Waals surface area contributed by atoms with Crippen LogP contribution in [0.3, 0.4) is 0 Å². The van der Waals surface area contributed by atoms with Crippen molar-refractivity contribution in [2.24, 2.45) is 0 Å². The fourth-order valence-electron chi connectivity index (χ4n) is 1.34. The molecule has 2 heterocycles. The predicted octanol–water partition coefficient (Wildman–Crippen LogP) is 2.12. The first-order valence-electron chi connectivity index (χ1n) is 4.60. The number of rotatable bonds is 2. The second-order valence-electron chi connectivity index (χ2n) is 3.44. The lowest BCUT2D eigenvalue weighted by molar-refractivity contribution is -0.207. The zero-order chi connectivity index (χ0) is 12.6. The molecule has 0 saturated heterocycles. The molecule has 0 fully saturated rings. The molecule has 92 valence electrons. The molecule has 17 heavy (non-hydrogen) atoms. The number of hydrogen-bond donors (Lipinski definition) is 1. The normalized spacial score (nSPS) is 14.2. The maximum atomic E-state index is 12.2. The van der Waals surface area contributed by atoms with Crippen molar-refractivity contribution in [3.05, 3.63) is 22.9 Å². The van der Waals surface area contributed by atoms with Crippen LogP contribution in [0.5, 0.6) is 0 Å². The van der Waals surface area contributed by atoms with E-state index in [1.165, 1.54) is 12.4 Å².